The Morgan fingerprint density at radius 2 is 1.62 bits per heavy atom. The third-order valence-electron chi connectivity index (χ3n) is 7.66. The number of hydrogen-bond donors (Lipinski definition) is 0. The molecule has 5 atom stereocenters. The van der Waals surface area contributed by atoms with E-state index in [2.05, 4.69) is 33.9 Å². The monoisotopic (exact) mass is 558 g/mol. The van der Waals surface area contributed by atoms with Crippen LogP contribution >= 0.6 is 0 Å². The molecule has 8 nitrogen and oxygen atoms in total. The fraction of sp³-hybridized carbons (Fsp3) is 0.567. The zero-order valence-electron chi connectivity index (χ0n) is 24.3. The van der Waals surface area contributed by atoms with Gasteiger partial charge in [0.25, 0.3) is 0 Å². The van der Waals surface area contributed by atoms with Crippen molar-refractivity contribution in [1.29, 1.82) is 0 Å². The first-order valence-electron chi connectivity index (χ1n) is 13.5. The lowest BCUT2D eigenvalue weighted by Gasteiger charge is -2.43. The summed E-state index contributed by atoms with van der Waals surface area (Å²) < 4.78 is 42.6. The van der Waals surface area contributed by atoms with Gasteiger partial charge in [-0.2, -0.15) is 0 Å². The second-order valence-corrected chi connectivity index (χ2v) is 16.9. The smallest absolute Gasteiger partial charge is 0.338 e. The molecule has 0 unspecified atom stereocenters. The number of esters is 1. The zero-order chi connectivity index (χ0) is 28.4. The molecule has 214 valence electrons. The highest BCUT2D eigenvalue weighted by Crippen LogP contribution is 2.41. The second kappa shape index (κ2) is 11.7. The molecule has 0 aliphatic carbocycles. The molecule has 9 heteroatoms. The molecule has 39 heavy (non-hydrogen) atoms. The predicted octanol–water partition coefficient (Wildman–Crippen LogP) is 5.70. The quantitative estimate of drug-likeness (QED) is 0.286. The molecule has 2 saturated heterocycles. The Hall–Kier alpha value is -2.27. The molecule has 4 rings (SSSR count). The Labute approximate surface area is 233 Å². The van der Waals surface area contributed by atoms with Crippen molar-refractivity contribution in [2.45, 2.75) is 95.9 Å². The van der Waals surface area contributed by atoms with Gasteiger partial charge in [0.1, 0.15) is 30.7 Å². The Kier molecular flexibility index (Phi) is 8.90. The van der Waals surface area contributed by atoms with Crippen LogP contribution in [0.5, 0.6) is 5.75 Å². The summed E-state index contributed by atoms with van der Waals surface area (Å²) in [6.07, 6.45) is -3.17. The van der Waals surface area contributed by atoms with Crippen LogP contribution < -0.4 is 4.74 Å². The fourth-order valence-corrected chi connectivity index (χ4v) is 5.43. The molecule has 0 N–H and O–H groups in total. The van der Waals surface area contributed by atoms with E-state index in [-0.39, 0.29) is 5.04 Å². The molecule has 0 spiro atoms. The second-order valence-electron chi connectivity index (χ2n) is 12.1. The van der Waals surface area contributed by atoms with Crippen molar-refractivity contribution in [2.24, 2.45) is 0 Å². The van der Waals surface area contributed by atoms with Crippen LogP contribution in [0, 0.1) is 0 Å². The van der Waals surface area contributed by atoms with Crippen molar-refractivity contribution >= 4 is 14.3 Å². The average Bonchev–Trinajstić information content (AvgIpc) is 3.22. The lowest BCUT2D eigenvalue weighted by molar-refractivity contribution is -0.272. The van der Waals surface area contributed by atoms with Crippen LogP contribution in [-0.2, 0) is 34.7 Å². The molecule has 0 radical (unpaired) electrons. The number of benzene rings is 2. The van der Waals surface area contributed by atoms with E-state index in [0.717, 1.165) is 5.56 Å². The zero-order valence-corrected chi connectivity index (χ0v) is 25.3. The molecule has 2 aliphatic heterocycles. The summed E-state index contributed by atoms with van der Waals surface area (Å²) in [4.78, 5) is 13.2. The summed E-state index contributed by atoms with van der Waals surface area (Å²) in [5.41, 5.74) is 1.45. The highest BCUT2D eigenvalue weighted by molar-refractivity contribution is 6.74. The van der Waals surface area contributed by atoms with Gasteiger partial charge in [0.05, 0.1) is 12.2 Å². The number of fused-ring (bicyclic) bond motifs is 1. The summed E-state index contributed by atoms with van der Waals surface area (Å²) >= 11 is 0. The van der Waals surface area contributed by atoms with Crippen LogP contribution in [0.3, 0.4) is 0 Å². The van der Waals surface area contributed by atoms with E-state index in [1.54, 1.807) is 24.3 Å². The van der Waals surface area contributed by atoms with Gasteiger partial charge in [0.2, 0.25) is 0 Å². The van der Waals surface area contributed by atoms with Crippen LogP contribution in [0.25, 0.3) is 0 Å². The molecular weight excluding hydrogens is 516 g/mol. The fourth-order valence-electron chi connectivity index (χ4n) is 4.41. The first-order valence-corrected chi connectivity index (χ1v) is 16.4. The summed E-state index contributed by atoms with van der Waals surface area (Å²) in [5.74, 6) is -0.729. The van der Waals surface area contributed by atoms with Gasteiger partial charge in [-0.05, 0) is 61.8 Å². The molecule has 2 heterocycles. The van der Waals surface area contributed by atoms with Gasteiger partial charge in [-0.15, -0.1) is 0 Å². The van der Waals surface area contributed by atoms with Crippen molar-refractivity contribution in [3.05, 3.63) is 65.7 Å². The number of carbonyl (C=O) groups excluding carboxylic acids is 1. The van der Waals surface area contributed by atoms with Gasteiger partial charge >= 0.3 is 5.97 Å². The standard InChI is InChI=1S/C30H42O8Si/c1-29(2,3)39(7,8)34-19-23-24-25(38-30(4,5)37-24)26(28(32-6)35-23)36-27(31)21-14-16-22(17-15-21)33-18-20-12-10-9-11-13-20/h9-17,23-26,28H,18-19H2,1-8H3/t23-,24+,25+,26-,28-/m1/s1. The van der Waals surface area contributed by atoms with E-state index in [4.69, 9.17) is 32.8 Å². The minimum absolute atomic E-state index is 0.0498. The molecule has 2 fully saturated rings. The maximum atomic E-state index is 13.2. The van der Waals surface area contributed by atoms with Gasteiger partial charge in [-0.1, -0.05) is 51.1 Å². The maximum Gasteiger partial charge on any atom is 0.338 e. The van der Waals surface area contributed by atoms with Crippen LogP contribution in [0.4, 0.5) is 0 Å². The van der Waals surface area contributed by atoms with Crippen LogP contribution in [0.1, 0.15) is 50.5 Å². The van der Waals surface area contributed by atoms with Crippen molar-refractivity contribution in [3.8, 4) is 5.75 Å². The van der Waals surface area contributed by atoms with E-state index >= 15 is 0 Å². The third-order valence-corrected chi connectivity index (χ3v) is 12.2. The average molecular weight is 559 g/mol. The van der Waals surface area contributed by atoms with Gasteiger partial charge in [0.15, 0.2) is 26.5 Å². The van der Waals surface area contributed by atoms with Crippen molar-refractivity contribution in [3.63, 3.8) is 0 Å². The van der Waals surface area contributed by atoms with Gasteiger partial charge in [-0.25, -0.2) is 4.79 Å². The van der Waals surface area contributed by atoms with E-state index < -0.39 is 50.8 Å². The topological polar surface area (TPSA) is 81.7 Å². The Bertz CT molecular complexity index is 1100. The van der Waals surface area contributed by atoms with E-state index in [0.29, 0.717) is 24.5 Å². The van der Waals surface area contributed by atoms with Crippen LogP contribution in [0.2, 0.25) is 18.1 Å². The summed E-state index contributed by atoms with van der Waals surface area (Å²) in [6.45, 7) is 15.4. The molecule has 2 aliphatic rings. The van der Waals surface area contributed by atoms with E-state index in [1.165, 1.54) is 7.11 Å². The lowest BCUT2D eigenvalue weighted by Crippen LogP contribution is -2.60. The Morgan fingerprint density at radius 3 is 2.23 bits per heavy atom. The number of rotatable bonds is 9. The summed E-state index contributed by atoms with van der Waals surface area (Å²) in [6, 6.07) is 16.7. The van der Waals surface area contributed by atoms with Gasteiger partial charge in [0, 0.05) is 7.11 Å². The minimum Gasteiger partial charge on any atom is -0.489 e. The van der Waals surface area contributed by atoms with E-state index in [1.807, 2.05) is 44.2 Å². The molecule has 0 amide bonds. The Balaban J connectivity index is 1.43. The van der Waals surface area contributed by atoms with Gasteiger partial charge < -0.3 is 32.8 Å². The van der Waals surface area contributed by atoms with E-state index in [9.17, 15) is 4.79 Å². The predicted molar refractivity (Wildman–Crippen MR) is 149 cm³/mol. The number of ether oxygens (including phenoxy) is 6. The lowest BCUT2D eigenvalue weighted by atomic mass is 9.99. The first-order chi connectivity index (χ1) is 18.3. The van der Waals surface area contributed by atoms with Crippen LogP contribution in [0.15, 0.2) is 54.6 Å². The van der Waals surface area contributed by atoms with Crippen LogP contribution in [-0.4, -0.2) is 64.5 Å². The minimum atomic E-state index is -2.03. The van der Waals surface area contributed by atoms with Gasteiger partial charge in [-0.3, -0.25) is 0 Å². The SMILES string of the molecule is CO[C@@H]1O[C@H](CO[Si](C)(C)C(C)(C)C)[C@@H]2OC(C)(C)O[C@@H]2[C@H]1OC(=O)c1ccc(OCc2ccccc2)cc1. The number of methoxy groups -OCH3 is 1. The van der Waals surface area contributed by atoms with Crippen molar-refractivity contribution in [2.75, 3.05) is 13.7 Å². The molecule has 2 aromatic carbocycles. The highest BCUT2D eigenvalue weighted by Gasteiger charge is 2.57. The molecule has 0 bridgehead atoms. The molecule has 0 saturated carbocycles. The summed E-state index contributed by atoms with van der Waals surface area (Å²) in [5, 5.41) is 0.0498. The number of carbonyl (C=O) groups is 1. The molecule has 2 aromatic rings. The third kappa shape index (κ3) is 7.09. The number of hydrogen-bond acceptors (Lipinski definition) is 8. The Morgan fingerprint density at radius 1 is 0.974 bits per heavy atom. The molecule has 0 aromatic heterocycles. The van der Waals surface area contributed by atoms with Crippen molar-refractivity contribution < 1.29 is 37.6 Å². The van der Waals surface area contributed by atoms with Crippen molar-refractivity contribution in [1.82, 2.24) is 0 Å². The maximum absolute atomic E-state index is 13.2. The first kappa shape index (κ1) is 29.7. The largest absolute Gasteiger partial charge is 0.489 e. The summed E-state index contributed by atoms with van der Waals surface area (Å²) in [7, 11) is -0.506. The normalized spacial score (nSPS) is 26.6. The highest BCUT2D eigenvalue weighted by atomic mass is 28.4. The molecular formula is C30H42O8Si.